The number of likely N-dealkylation sites (N-methyl/N-ethyl adjacent to an activating group) is 1. The average Bonchev–Trinajstić information content (AvgIpc) is 2.69. The quantitative estimate of drug-likeness (QED) is 0.793. The molecule has 2 atom stereocenters. The molecule has 1 saturated carbocycles. The van der Waals surface area contributed by atoms with E-state index in [4.69, 9.17) is 5.73 Å². The van der Waals surface area contributed by atoms with Crippen molar-refractivity contribution < 1.29 is 0 Å². The highest BCUT2D eigenvalue weighted by Gasteiger charge is 2.31. The molecule has 1 aliphatic carbocycles. The zero-order valence-electron chi connectivity index (χ0n) is 13.0. The number of rotatable bonds is 4. The minimum Gasteiger partial charge on any atom is -0.329 e. The summed E-state index contributed by atoms with van der Waals surface area (Å²) in [5.41, 5.74) is 6.14. The predicted molar refractivity (Wildman–Crippen MR) is 82.3 cm³/mol. The molecule has 2 aliphatic rings. The number of hydrogen-bond acceptors (Lipinski definition) is 3. The van der Waals surface area contributed by atoms with E-state index in [9.17, 15) is 0 Å². The van der Waals surface area contributed by atoms with Crippen LogP contribution in [0.15, 0.2) is 0 Å². The maximum absolute atomic E-state index is 6.14. The van der Waals surface area contributed by atoms with Gasteiger partial charge >= 0.3 is 0 Å². The molecule has 0 aromatic carbocycles. The van der Waals surface area contributed by atoms with E-state index in [1.54, 1.807) is 0 Å². The Hall–Kier alpha value is -0.120. The highest BCUT2D eigenvalue weighted by atomic mass is 15.3. The number of nitrogens with zero attached hydrogens (tertiary/aromatic N) is 2. The smallest absolute Gasteiger partial charge is 0.0247 e. The Labute approximate surface area is 119 Å². The van der Waals surface area contributed by atoms with Crippen LogP contribution >= 0.6 is 0 Å². The van der Waals surface area contributed by atoms with E-state index in [-0.39, 0.29) is 0 Å². The second kappa shape index (κ2) is 7.61. The number of nitrogens with two attached hydrogens (primary N) is 1. The molecule has 0 amide bonds. The topological polar surface area (TPSA) is 32.5 Å². The average molecular weight is 267 g/mol. The second-order valence-electron chi connectivity index (χ2n) is 6.53. The number of piperazine rings is 1. The van der Waals surface area contributed by atoms with Crippen molar-refractivity contribution >= 4 is 0 Å². The summed E-state index contributed by atoms with van der Waals surface area (Å²) in [6.07, 6.45) is 8.54. The van der Waals surface area contributed by atoms with Gasteiger partial charge in [0.15, 0.2) is 0 Å². The third-order valence-electron chi connectivity index (χ3n) is 5.36. The summed E-state index contributed by atoms with van der Waals surface area (Å²) in [6, 6.07) is 1.33. The molecule has 2 fully saturated rings. The van der Waals surface area contributed by atoms with Crippen molar-refractivity contribution in [3.05, 3.63) is 0 Å². The zero-order chi connectivity index (χ0) is 13.7. The van der Waals surface area contributed by atoms with Crippen LogP contribution in [0.25, 0.3) is 0 Å². The molecular weight excluding hydrogens is 234 g/mol. The molecule has 0 radical (unpaired) electrons. The van der Waals surface area contributed by atoms with Crippen LogP contribution in [0.3, 0.4) is 0 Å². The molecule has 1 heterocycles. The first-order valence-electron chi connectivity index (χ1n) is 8.44. The maximum Gasteiger partial charge on any atom is 0.0247 e. The summed E-state index contributed by atoms with van der Waals surface area (Å²) in [5.74, 6) is 0.855. The van der Waals surface area contributed by atoms with Gasteiger partial charge in [0.1, 0.15) is 0 Å². The molecule has 0 spiro atoms. The van der Waals surface area contributed by atoms with E-state index >= 15 is 0 Å². The largest absolute Gasteiger partial charge is 0.329 e. The molecule has 112 valence electrons. The van der Waals surface area contributed by atoms with Gasteiger partial charge in [-0.05, 0) is 32.2 Å². The lowest BCUT2D eigenvalue weighted by Gasteiger charge is -2.45. The van der Waals surface area contributed by atoms with Crippen molar-refractivity contribution in [3.63, 3.8) is 0 Å². The van der Waals surface area contributed by atoms with Gasteiger partial charge in [-0.15, -0.1) is 0 Å². The van der Waals surface area contributed by atoms with Gasteiger partial charge in [-0.2, -0.15) is 0 Å². The van der Waals surface area contributed by atoms with Gasteiger partial charge in [0.05, 0.1) is 0 Å². The molecule has 0 aromatic heterocycles. The Balaban J connectivity index is 1.93. The maximum atomic E-state index is 6.14. The first-order valence-corrected chi connectivity index (χ1v) is 8.44. The van der Waals surface area contributed by atoms with Crippen molar-refractivity contribution in [2.45, 2.75) is 64.5 Å². The Morgan fingerprint density at radius 2 is 1.79 bits per heavy atom. The SMILES string of the molecule is CCN1CCN(C(CN)C2CCCCCC2)CC1C. The summed E-state index contributed by atoms with van der Waals surface area (Å²) in [4.78, 5) is 5.30. The van der Waals surface area contributed by atoms with Gasteiger partial charge in [0, 0.05) is 38.3 Å². The monoisotopic (exact) mass is 267 g/mol. The van der Waals surface area contributed by atoms with E-state index in [1.165, 1.54) is 64.7 Å². The first-order chi connectivity index (χ1) is 9.26. The summed E-state index contributed by atoms with van der Waals surface area (Å²) in [7, 11) is 0. The van der Waals surface area contributed by atoms with Crippen LogP contribution < -0.4 is 5.73 Å². The van der Waals surface area contributed by atoms with Crippen molar-refractivity contribution in [1.82, 2.24) is 9.80 Å². The van der Waals surface area contributed by atoms with Gasteiger partial charge in [-0.1, -0.05) is 32.6 Å². The van der Waals surface area contributed by atoms with Gasteiger partial charge in [-0.3, -0.25) is 9.80 Å². The Morgan fingerprint density at radius 3 is 2.32 bits per heavy atom. The second-order valence-corrected chi connectivity index (χ2v) is 6.53. The Morgan fingerprint density at radius 1 is 1.11 bits per heavy atom. The van der Waals surface area contributed by atoms with E-state index in [2.05, 4.69) is 23.6 Å². The summed E-state index contributed by atoms with van der Waals surface area (Å²) >= 11 is 0. The lowest BCUT2D eigenvalue weighted by Crippen LogP contribution is -2.57. The summed E-state index contributed by atoms with van der Waals surface area (Å²) in [6.45, 7) is 10.3. The van der Waals surface area contributed by atoms with Crippen molar-refractivity contribution in [2.24, 2.45) is 11.7 Å². The fourth-order valence-electron chi connectivity index (χ4n) is 4.13. The van der Waals surface area contributed by atoms with Crippen LogP contribution in [0, 0.1) is 5.92 Å². The van der Waals surface area contributed by atoms with Crippen LogP contribution in [-0.4, -0.2) is 54.6 Å². The molecule has 2 rings (SSSR count). The molecule has 1 aliphatic heterocycles. The molecule has 1 saturated heterocycles. The third kappa shape index (κ3) is 3.93. The summed E-state index contributed by atoms with van der Waals surface area (Å²) in [5, 5.41) is 0. The standard InChI is InChI=1S/C16H33N3/c1-3-18-10-11-19(13-14(18)2)16(12-17)15-8-6-4-5-7-9-15/h14-16H,3-13,17H2,1-2H3. The van der Waals surface area contributed by atoms with Gasteiger partial charge in [-0.25, -0.2) is 0 Å². The minimum absolute atomic E-state index is 0.638. The van der Waals surface area contributed by atoms with Gasteiger partial charge < -0.3 is 5.73 Å². The van der Waals surface area contributed by atoms with E-state index in [0.717, 1.165) is 12.5 Å². The Bertz CT molecular complexity index is 248. The van der Waals surface area contributed by atoms with Gasteiger partial charge in [0.2, 0.25) is 0 Å². The van der Waals surface area contributed by atoms with Crippen molar-refractivity contribution in [3.8, 4) is 0 Å². The van der Waals surface area contributed by atoms with Crippen molar-refractivity contribution in [1.29, 1.82) is 0 Å². The molecular formula is C16H33N3. The van der Waals surface area contributed by atoms with Crippen molar-refractivity contribution in [2.75, 3.05) is 32.7 Å². The highest BCUT2D eigenvalue weighted by Crippen LogP contribution is 2.28. The first kappa shape index (κ1) is 15.3. The van der Waals surface area contributed by atoms with E-state index in [1.807, 2.05) is 0 Å². The van der Waals surface area contributed by atoms with Crippen LogP contribution in [0.4, 0.5) is 0 Å². The molecule has 19 heavy (non-hydrogen) atoms. The third-order valence-corrected chi connectivity index (χ3v) is 5.36. The lowest BCUT2D eigenvalue weighted by molar-refractivity contribution is 0.0382. The molecule has 2 unspecified atom stereocenters. The van der Waals surface area contributed by atoms with Crippen LogP contribution in [-0.2, 0) is 0 Å². The zero-order valence-corrected chi connectivity index (χ0v) is 13.0. The summed E-state index contributed by atoms with van der Waals surface area (Å²) < 4.78 is 0. The molecule has 0 aromatic rings. The number of hydrogen-bond donors (Lipinski definition) is 1. The van der Waals surface area contributed by atoms with Gasteiger partial charge in [0.25, 0.3) is 0 Å². The highest BCUT2D eigenvalue weighted by molar-refractivity contribution is 4.87. The fourth-order valence-corrected chi connectivity index (χ4v) is 4.13. The fraction of sp³-hybridized carbons (Fsp3) is 1.00. The molecule has 0 bridgehead atoms. The lowest BCUT2D eigenvalue weighted by atomic mass is 9.90. The molecule has 3 heteroatoms. The van der Waals surface area contributed by atoms with Crippen LogP contribution in [0.5, 0.6) is 0 Å². The van der Waals surface area contributed by atoms with Crippen LogP contribution in [0.1, 0.15) is 52.4 Å². The van der Waals surface area contributed by atoms with E-state index < -0.39 is 0 Å². The molecule has 2 N–H and O–H groups in total. The molecule has 3 nitrogen and oxygen atoms in total. The minimum atomic E-state index is 0.638. The van der Waals surface area contributed by atoms with E-state index in [0.29, 0.717) is 12.1 Å². The normalized spacial score (nSPS) is 30.2. The van der Waals surface area contributed by atoms with Crippen LogP contribution in [0.2, 0.25) is 0 Å². The predicted octanol–water partition coefficient (Wildman–Crippen LogP) is 2.31. The Kier molecular flexibility index (Phi) is 6.11.